The first kappa shape index (κ1) is 22.2. The molecule has 1 aliphatic rings. The zero-order chi connectivity index (χ0) is 20.7. The van der Waals surface area contributed by atoms with Crippen molar-refractivity contribution in [3.05, 3.63) is 27.0 Å². The van der Waals surface area contributed by atoms with E-state index in [4.69, 9.17) is 22.1 Å². The van der Waals surface area contributed by atoms with Gasteiger partial charge in [-0.05, 0) is 51.3 Å². The van der Waals surface area contributed by atoms with Crippen molar-refractivity contribution in [1.29, 1.82) is 0 Å². The summed E-state index contributed by atoms with van der Waals surface area (Å²) in [6.45, 7) is 6.38. The standard InChI is InChI=1S/C19H29ClN4O4/c1-3-4-9-28-19(27)12(2)24-7-5-13(6-8-24)11-22-17(25)14-10-15(20)16(21)23-18(14)26/h10,12-13H,3-9,11H2,1-2H3,(H,22,25)(H3,21,23,26). The summed E-state index contributed by atoms with van der Waals surface area (Å²) in [5.41, 5.74) is 4.90. The van der Waals surface area contributed by atoms with E-state index in [9.17, 15) is 14.4 Å². The van der Waals surface area contributed by atoms with E-state index in [1.54, 1.807) is 0 Å². The molecular weight excluding hydrogens is 384 g/mol. The number of hydrogen-bond acceptors (Lipinski definition) is 6. The third kappa shape index (κ3) is 5.97. The number of likely N-dealkylation sites (tertiary alicyclic amines) is 1. The van der Waals surface area contributed by atoms with Gasteiger partial charge in [-0.1, -0.05) is 24.9 Å². The van der Waals surface area contributed by atoms with Crippen molar-refractivity contribution >= 4 is 29.3 Å². The maximum atomic E-state index is 12.3. The number of nitrogens with zero attached hydrogens (tertiary/aromatic N) is 1. The number of H-pyrrole nitrogens is 1. The monoisotopic (exact) mass is 412 g/mol. The molecule has 1 atom stereocenters. The number of unbranched alkanes of at least 4 members (excludes halogenated alkanes) is 1. The van der Waals surface area contributed by atoms with Crippen molar-refractivity contribution in [2.45, 2.75) is 45.6 Å². The Morgan fingerprint density at radius 1 is 1.43 bits per heavy atom. The molecule has 28 heavy (non-hydrogen) atoms. The molecule has 1 unspecified atom stereocenters. The van der Waals surface area contributed by atoms with E-state index in [-0.39, 0.29) is 34.3 Å². The van der Waals surface area contributed by atoms with Crippen LogP contribution in [0.25, 0.3) is 0 Å². The molecule has 9 heteroatoms. The van der Waals surface area contributed by atoms with Crippen LogP contribution in [0.4, 0.5) is 5.82 Å². The zero-order valence-electron chi connectivity index (χ0n) is 16.4. The van der Waals surface area contributed by atoms with Gasteiger partial charge in [0.1, 0.15) is 17.4 Å². The third-order valence-corrected chi connectivity index (χ3v) is 5.41. The molecule has 1 amide bonds. The Hall–Kier alpha value is -2.06. The van der Waals surface area contributed by atoms with Gasteiger partial charge in [-0.3, -0.25) is 19.3 Å². The molecule has 0 spiro atoms. The minimum Gasteiger partial charge on any atom is -0.465 e. The average Bonchev–Trinajstić information content (AvgIpc) is 2.68. The SMILES string of the molecule is CCCCOC(=O)C(C)N1CCC(CNC(=O)c2cc(Cl)c(N)[nH]c2=O)CC1. The molecule has 8 nitrogen and oxygen atoms in total. The summed E-state index contributed by atoms with van der Waals surface area (Å²) in [5.74, 6) is -0.331. The predicted molar refractivity (Wildman–Crippen MR) is 108 cm³/mol. The fraction of sp³-hybridized carbons (Fsp3) is 0.632. The largest absolute Gasteiger partial charge is 0.465 e. The van der Waals surface area contributed by atoms with Gasteiger partial charge in [0.05, 0.1) is 11.6 Å². The Morgan fingerprint density at radius 3 is 2.75 bits per heavy atom. The number of aromatic nitrogens is 1. The van der Waals surface area contributed by atoms with E-state index in [1.807, 2.05) is 6.92 Å². The van der Waals surface area contributed by atoms with Crippen molar-refractivity contribution in [3.63, 3.8) is 0 Å². The number of halogens is 1. The first-order valence-corrected chi connectivity index (χ1v) is 10.1. The lowest BCUT2D eigenvalue weighted by atomic mass is 9.95. The summed E-state index contributed by atoms with van der Waals surface area (Å²) < 4.78 is 5.29. The second-order valence-electron chi connectivity index (χ2n) is 7.16. The number of esters is 1. The van der Waals surface area contributed by atoms with Crippen LogP contribution in [0, 0.1) is 5.92 Å². The van der Waals surface area contributed by atoms with Crippen molar-refractivity contribution in [2.24, 2.45) is 5.92 Å². The van der Waals surface area contributed by atoms with Gasteiger partial charge in [0.25, 0.3) is 11.5 Å². The van der Waals surface area contributed by atoms with Crippen molar-refractivity contribution in [2.75, 3.05) is 32.0 Å². The Balaban J connectivity index is 1.78. The molecule has 0 saturated carbocycles. The Kier molecular flexibility index (Phi) is 8.32. The molecule has 2 heterocycles. The lowest BCUT2D eigenvalue weighted by Gasteiger charge is -2.34. The van der Waals surface area contributed by atoms with Crippen molar-refractivity contribution in [3.8, 4) is 0 Å². The second-order valence-corrected chi connectivity index (χ2v) is 7.57. The minimum atomic E-state index is -0.565. The van der Waals surface area contributed by atoms with Crippen LogP contribution in [-0.4, -0.2) is 54.0 Å². The maximum Gasteiger partial charge on any atom is 0.323 e. The molecule has 2 rings (SSSR count). The molecule has 4 N–H and O–H groups in total. The van der Waals surface area contributed by atoms with E-state index in [0.29, 0.717) is 13.2 Å². The minimum absolute atomic E-state index is 0.0397. The Morgan fingerprint density at radius 2 is 2.11 bits per heavy atom. The molecule has 1 saturated heterocycles. The fourth-order valence-corrected chi connectivity index (χ4v) is 3.31. The Labute approximate surface area is 169 Å². The van der Waals surface area contributed by atoms with Gasteiger partial charge in [-0.25, -0.2) is 0 Å². The number of aromatic amines is 1. The lowest BCUT2D eigenvalue weighted by Crippen LogP contribution is -2.46. The van der Waals surface area contributed by atoms with Crippen LogP contribution in [0.15, 0.2) is 10.9 Å². The summed E-state index contributed by atoms with van der Waals surface area (Å²) in [6, 6.07) is 1.02. The molecule has 0 bridgehead atoms. The van der Waals surface area contributed by atoms with E-state index >= 15 is 0 Å². The van der Waals surface area contributed by atoms with Crippen LogP contribution < -0.4 is 16.6 Å². The number of rotatable bonds is 8. The molecule has 0 radical (unpaired) electrons. The summed E-state index contributed by atoms with van der Waals surface area (Å²) in [6.07, 6.45) is 3.58. The molecule has 1 aromatic rings. The van der Waals surface area contributed by atoms with E-state index in [2.05, 4.69) is 22.1 Å². The topological polar surface area (TPSA) is 118 Å². The maximum absolute atomic E-state index is 12.3. The first-order valence-electron chi connectivity index (χ1n) is 9.70. The number of nitrogens with one attached hydrogen (secondary N) is 2. The molecule has 1 aliphatic heterocycles. The number of ether oxygens (including phenoxy) is 1. The summed E-state index contributed by atoms with van der Waals surface area (Å²) in [4.78, 5) is 40.7. The van der Waals surface area contributed by atoms with Crippen molar-refractivity contribution in [1.82, 2.24) is 15.2 Å². The predicted octanol–water partition coefficient (Wildman–Crippen LogP) is 1.78. The number of pyridine rings is 1. The summed E-state index contributed by atoms with van der Waals surface area (Å²) >= 11 is 5.87. The van der Waals surface area contributed by atoms with Crippen LogP contribution in [-0.2, 0) is 9.53 Å². The van der Waals surface area contributed by atoms with Gasteiger partial charge >= 0.3 is 5.97 Å². The zero-order valence-corrected chi connectivity index (χ0v) is 17.2. The highest BCUT2D eigenvalue weighted by atomic mass is 35.5. The van der Waals surface area contributed by atoms with Crippen LogP contribution in [0.3, 0.4) is 0 Å². The fourth-order valence-electron chi connectivity index (χ4n) is 3.15. The normalized spacial score (nSPS) is 16.5. The Bertz CT molecular complexity index is 744. The molecule has 0 aromatic carbocycles. The van der Waals surface area contributed by atoms with E-state index < -0.39 is 11.5 Å². The highest BCUT2D eigenvalue weighted by Gasteiger charge is 2.27. The third-order valence-electron chi connectivity index (χ3n) is 5.10. The second kappa shape index (κ2) is 10.5. The summed E-state index contributed by atoms with van der Waals surface area (Å²) in [5, 5.41) is 2.93. The molecule has 156 valence electrons. The number of anilines is 1. The van der Waals surface area contributed by atoms with Gasteiger partial charge in [0, 0.05) is 6.54 Å². The van der Waals surface area contributed by atoms with Crippen LogP contribution in [0.2, 0.25) is 5.02 Å². The molecule has 1 aromatic heterocycles. The number of piperidine rings is 1. The average molecular weight is 413 g/mol. The number of amides is 1. The van der Waals surface area contributed by atoms with Crippen LogP contribution >= 0.6 is 11.6 Å². The van der Waals surface area contributed by atoms with Gasteiger partial charge in [0.15, 0.2) is 0 Å². The van der Waals surface area contributed by atoms with E-state index in [1.165, 1.54) is 6.07 Å². The van der Waals surface area contributed by atoms with Crippen LogP contribution in [0.1, 0.15) is 49.9 Å². The molecule has 0 aliphatic carbocycles. The summed E-state index contributed by atoms with van der Waals surface area (Å²) in [7, 11) is 0. The van der Waals surface area contributed by atoms with Crippen LogP contribution in [0.5, 0.6) is 0 Å². The van der Waals surface area contributed by atoms with E-state index in [0.717, 1.165) is 38.8 Å². The van der Waals surface area contributed by atoms with Gasteiger partial charge in [-0.15, -0.1) is 0 Å². The number of hydrogen-bond donors (Lipinski definition) is 3. The molecular formula is C19H29ClN4O4. The number of carbonyl (C=O) groups excluding carboxylic acids is 2. The smallest absolute Gasteiger partial charge is 0.323 e. The number of carbonyl (C=O) groups is 2. The van der Waals surface area contributed by atoms with Gasteiger partial charge < -0.3 is 20.8 Å². The quantitative estimate of drug-likeness (QED) is 0.442. The number of nitrogen functional groups attached to an aromatic ring is 1. The highest BCUT2D eigenvalue weighted by molar-refractivity contribution is 6.33. The van der Waals surface area contributed by atoms with Gasteiger partial charge in [-0.2, -0.15) is 0 Å². The lowest BCUT2D eigenvalue weighted by molar-refractivity contribution is -0.150. The van der Waals surface area contributed by atoms with Crippen molar-refractivity contribution < 1.29 is 14.3 Å². The first-order chi connectivity index (χ1) is 13.3. The number of nitrogens with two attached hydrogens (primary N) is 1. The highest BCUT2D eigenvalue weighted by Crippen LogP contribution is 2.19. The van der Waals surface area contributed by atoms with Gasteiger partial charge in [0.2, 0.25) is 0 Å². The molecule has 1 fully saturated rings.